The second-order valence-corrected chi connectivity index (χ2v) is 5.92. The Labute approximate surface area is 131 Å². The number of esters is 2. The predicted octanol–water partition coefficient (Wildman–Crippen LogP) is 2.03. The van der Waals surface area contributed by atoms with Gasteiger partial charge in [-0.05, 0) is 27.2 Å². The van der Waals surface area contributed by atoms with Crippen molar-refractivity contribution in [1.82, 2.24) is 5.32 Å². The van der Waals surface area contributed by atoms with Crippen LogP contribution in [0.2, 0.25) is 0 Å². The van der Waals surface area contributed by atoms with Crippen molar-refractivity contribution in [3.8, 4) is 0 Å². The molecule has 0 rings (SSSR count). The van der Waals surface area contributed by atoms with E-state index in [2.05, 4.69) is 14.8 Å². The normalized spacial score (nSPS) is 12.5. The summed E-state index contributed by atoms with van der Waals surface area (Å²) in [5.41, 5.74) is -0.675. The number of ether oxygens (including phenoxy) is 3. The van der Waals surface area contributed by atoms with Gasteiger partial charge in [-0.15, -0.1) is 0 Å². The lowest BCUT2D eigenvalue weighted by Crippen LogP contribution is -2.48. The van der Waals surface area contributed by atoms with Crippen molar-refractivity contribution in [3.05, 3.63) is 0 Å². The van der Waals surface area contributed by atoms with E-state index in [-0.39, 0.29) is 0 Å². The first-order chi connectivity index (χ1) is 10.2. The molecule has 0 aliphatic heterocycles. The molecule has 7 heteroatoms. The minimum absolute atomic E-state index is 0.435. The molecule has 0 saturated carbocycles. The van der Waals surface area contributed by atoms with Crippen LogP contribution in [0.15, 0.2) is 0 Å². The van der Waals surface area contributed by atoms with E-state index in [1.165, 1.54) is 14.2 Å². The molecule has 0 unspecified atom stereocenters. The highest BCUT2D eigenvalue weighted by atomic mass is 16.6. The van der Waals surface area contributed by atoms with Crippen LogP contribution in [0.25, 0.3) is 0 Å². The van der Waals surface area contributed by atoms with Gasteiger partial charge in [-0.1, -0.05) is 19.8 Å². The third-order valence-electron chi connectivity index (χ3n) is 2.88. The molecule has 22 heavy (non-hydrogen) atoms. The van der Waals surface area contributed by atoms with Crippen LogP contribution in [0.5, 0.6) is 0 Å². The standard InChI is InChI=1S/C15H27NO6/c1-7-8-9-10(16-14(19)22-15(2,3)4)11(12(17)20-5)13(18)21-6/h10-11H,7-9H2,1-6H3,(H,16,19)/t10-/m1/s1. The van der Waals surface area contributed by atoms with Gasteiger partial charge in [-0.3, -0.25) is 9.59 Å². The van der Waals surface area contributed by atoms with E-state index in [0.29, 0.717) is 6.42 Å². The average Bonchev–Trinajstić information content (AvgIpc) is 2.41. The Morgan fingerprint density at radius 2 is 1.55 bits per heavy atom. The van der Waals surface area contributed by atoms with Gasteiger partial charge >= 0.3 is 18.0 Å². The molecule has 0 aromatic heterocycles. The third kappa shape index (κ3) is 7.28. The van der Waals surface area contributed by atoms with Crippen LogP contribution < -0.4 is 5.32 Å². The molecule has 0 fully saturated rings. The average molecular weight is 317 g/mol. The Bertz CT molecular complexity index is 372. The highest BCUT2D eigenvalue weighted by molar-refractivity contribution is 5.96. The molecule has 1 N–H and O–H groups in total. The first kappa shape index (κ1) is 20.2. The van der Waals surface area contributed by atoms with Gasteiger partial charge in [0.25, 0.3) is 0 Å². The molecule has 128 valence electrons. The van der Waals surface area contributed by atoms with Gasteiger partial charge < -0.3 is 19.5 Å². The summed E-state index contributed by atoms with van der Waals surface area (Å²) in [5.74, 6) is -2.71. The van der Waals surface area contributed by atoms with Crippen molar-refractivity contribution in [2.45, 2.75) is 58.6 Å². The molecule has 0 radical (unpaired) electrons. The molecule has 0 saturated heterocycles. The molecule has 0 heterocycles. The summed E-state index contributed by atoms with van der Waals surface area (Å²) in [4.78, 5) is 35.7. The van der Waals surface area contributed by atoms with Crippen LogP contribution in [0, 0.1) is 5.92 Å². The number of carbonyl (C=O) groups is 3. The van der Waals surface area contributed by atoms with Crippen molar-refractivity contribution >= 4 is 18.0 Å². The van der Waals surface area contributed by atoms with Gasteiger partial charge in [-0.2, -0.15) is 0 Å². The van der Waals surface area contributed by atoms with E-state index in [1.807, 2.05) is 6.92 Å². The summed E-state index contributed by atoms with van der Waals surface area (Å²) < 4.78 is 14.5. The summed E-state index contributed by atoms with van der Waals surface area (Å²) >= 11 is 0. The highest BCUT2D eigenvalue weighted by Gasteiger charge is 2.38. The summed E-state index contributed by atoms with van der Waals surface area (Å²) in [5, 5.41) is 2.58. The number of hydrogen-bond acceptors (Lipinski definition) is 6. The molecule has 1 amide bonds. The Kier molecular flexibility index (Phi) is 8.52. The molecule has 0 aromatic rings. The van der Waals surface area contributed by atoms with E-state index in [9.17, 15) is 14.4 Å². The zero-order valence-corrected chi connectivity index (χ0v) is 14.2. The lowest BCUT2D eigenvalue weighted by atomic mass is 9.95. The maximum Gasteiger partial charge on any atom is 0.407 e. The maximum absolute atomic E-state index is 11.9. The minimum Gasteiger partial charge on any atom is -0.468 e. The van der Waals surface area contributed by atoms with Crippen molar-refractivity contribution < 1.29 is 28.6 Å². The van der Waals surface area contributed by atoms with E-state index in [4.69, 9.17) is 4.74 Å². The highest BCUT2D eigenvalue weighted by Crippen LogP contribution is 2.16. The number of unbranched alkanes of at least 4 members (excludes halogenated alkanes) is 1. The third-order valence-corrected chi connectivity index (χ3v) is 2.88. The Morgan fingerprint density at radius 3 is 1.91 bits per heavy atom. The number of nitrogens with one attached hydrogen (secondary N) is 1. The molecular weight excluding hydrogens is 290 g/mol. The number of rotatable bonds is 7. The molecule has 0 bridgehead atoms. The number of carbonyl (C=O) groups excluding carboxylic acids is 3. The lowest BCUT2D eigenvalue weighted by molar-refractivity contribution is -0.160. The molecule has 1 atom stereocenters. The fraction of sp³-hybridized carbons (Fsp3) is 0.800. The van der Waals surface area contributed by atoms with Crippen LogP contribution in [0.4, 0.5) is 4.79 Å². The fourth-order valence-electron chi connectivity index (χ4n) is 1.88. The van der Waals surface area contributed by atoms with E-state index >= 15 is 0 Å². The van der Waals surface area contributed by atoms with E-state index in [1.54, 1.807) is 20.8 Å². The van der Waals surface area contributed by atoms with Crippen LogP contribution >= 0.6 is 0 Å². The largest absolute Gasteiger partial charge is 0.468 e. The van der Waals surface area contributed by atoms with Gasteiger partial charge in [-0.25, -0.2) is 4.79 Å². The molecule has 0 aliphatic carbocycles. The fourth-order valence-corrected chi connectivity index (χ4v) is 1.88. The van der Waals surface area contributed by atoms with E-state index in [0.717, 1.165) is 12.8 Å². The Hall–Kier alpha value is -1.79. The second-order valence-electron chi connectivity index (χ2n) is 5.92. The number of amides is 1. The van der Waals surface area contributed by atoms with Crippen LogP contribution in [0.1, 0.15) is 47.0 Å². The van der Waals surface area contributed by atoms with Gasteiger partial charge in [0.2, 0.25) is 0 Å². The lowest BCUT2D eigenvalue weighted by Gasteiger charge is -2.26. The number of methoxy groups -OCH3 is 2. The van der Waals surface area contributed by atoms with Gasteiger partial charge in [0.05, 0.1) is 20.3 Å². The van der Waals surface area contributed by atoms with Crippen LogP contribution in [-0.2, 0) is 23.8 Å². The topological polar surface area (TPSA) is 90.9 Å². The SMILES string of the molecule is CCCC[C@@H](NC(=O)OC(C)(C)C)C(C(=O)OC)C(=O)OC. The molecule has 0 spiro atoms. The van der Waals surface area contributed by atoms with Crippen LogP contribution in [-0.4, -0.2) is 43.9 Å². The zero-order valence-electron chi connectivity index (χ0n) is 14.2. The monoisotopic (exact) mass is 317 g/mol. The zero-order chi connectivity index (χ0) is 17.3. The maximum atomic E-state index is 11.9. The molecule has 0 aliphatic rings. The van der Waals surface area contributed by atoms with Gasteiger partial charge in [0.1, 0.15) is 5.60 Å². The number of alkyl carbamates (subject to hydrolysis) is 1. The van der Waals surface area contributed by atoms with Crippen molar-refractivity contribution in [3.63, 3.8) is 0 Å². The summed E-state index contributed by atoms with van der Waals surface area (Å²) in [6.45, 7) is 7.15. The minimum atomic E-state index is -1.21. The first-order valence-corrected chi connectivity index (χ1v) is 7.31. The first-order valence-electron chi connectivity index (χ1n) is 7.31. The van der Waals surface area contributed by atoms with Gasteiger partial charge in [0, 0.05) is 0 Å². The Balaban J connectivity index is 5.16. The smallest absolute Gasteiger partial charge is 0.407 e. The quantitative estimate of drug-likeness (QED) is 0.439. The molecular formula is C15H27NO6. The van der Waals surface area contributed by atoms with E-state index < -0.39 is 35.6 Å². The summed E-state index contributed by atoms with van der Waals surface area (Å²) in [6.07, 6.45) is 1.32. The van der Waals surface area contributed by atoms with Gasteiger partial charge in [0.15, 0.2) is 5.92 Å². The number of hydrogen-bond donors (Lipinski definition) is 1. The second kappa shape index (κ2) is 9.27. The van der Waals surface area contributed by atoms with Crippen molar-refractivity contribution in [1.29, 1.82) is 0 Å². The predicted molar refractivity (Wildman–Crippen MR) is 80.2 cm³/mol. The molecule has 7 nitrogen and oxygen atoms in total. The molecule has 0 aromatic carbocycles. The summed E-state index contributed by atoms with van der Waals surface area (Å²) in [7, 11) is 2.37. The van der Waals surface area contributed by atoms with Crippen molar-refractivity contribution in [2.24, 2.45) is 5.92 Å². The van der Waals surface area contributed by atoms with Crippen molar-refractivity contribution in [2.75, 3.05) is 14.2 Å². The summed E-state index contributed by atoms with van der Waals surface area (Å²) in [6, 6.07) is -0.741. The Morgan fingerprint density at radius 1 is 1.05 bits per heavy atom. The van der Waals surface area contributed by atoms with Crippen LogP contribution in [0.3, 0.4) is 0 Å².